The van der Waals surface area contributed by atoms with Gasteiger partial charge in [0.2, 0.25) is 5.91 Å². The normalized spacial score (nSPS) is 17.1. The van der Waals surface area contributed by atoms with Gasteiger partial charge >= 0.3 is 6.18 Å². The average molecular weight is 511 g/mol. The van der Waals surface area contributed by atoms with Gasteiger partial charge in [-0.3, -0.25) is 9.59 Å². The zero-order valence-corrected chi connectivity index (χ0v) is 20.5. The summed E-state index contributed by atoms with van der Waals surface area (Å²) in [7, 11) is 1.45. The summed E-state index contributed by atoms with van der Waals surface area (Å²) in [5.41, 5.74) is 1.41. The lowest BCUT2D eigenvalue weighted by Gasteiger charge is -2.42. The van der Waals surface area contributed by atoms with Crippen LogP contribution >= 0.6 is 0 Å². The van der Waals surface area contributed by atoms with Crippen LogP contribution in [0.5, 0.6) is 0 Å². The van der Waals surface area contributed by atoms with Crippen LogP contribution in [0.1, 0.15) is 34.8 Å². The number of carbonyl (C=O) groups excluding carboxylic acids is 2. The highest BCUT2D eigenvalue weighted by Gasteiger charge is 2.37. The highest BCUT2D eigenvalue weighted by molar-refractivity contribution is 5.89. The molecule has 0 bridgehead atoms. The van der Waals surface area contributed by atoms with E-state index >= 15 is 0 Å². The molecule has 37 heavy (non-hydrogen) atoms. The molecule has 0 aliphatic carbocycles. The zero-order valence-electron chi connectivity index (χ0n) is 20.5. The Morgan fingerprint density at radius 1 is 0.973 bits per heavy atom. The van der Waals surface area contributed by atoms with Gasteiger partial charge in [0.25, 0.3) is 5.91 Å². The fourth-order valence-corrected chi connectivity index (χ4v) is 4.70. The Bertz CT molecular complexity index is 1200. The first-order valence-electron chi connectivity index (χ1n) is 12.1. The molecule has 2 amide bonds. The second-order valence-electron chi connectivity index (χ2n) is 9.14. The number of ether oxygens (including phenoxy) is 1. The summed E-state index contributed by atoms with van der Waals surface area (Å²) >= 11 is 0. The minimum atomic E-state index is -4.47. The van der Waals surface area contributed by atoms with Gasteiger partial charge in [-0.25, -0.2) is 0 Å². The number of hydrogen-bond acceptors (Lipinski definition) is 3. The number of carbonyl (C=O) groups is 2. The summed E-state index contributed by atoms with van der Waals surface area (Å²) in [6, 6.07) is 23.5. The molecule has 0 N–H and O–H groups in total. The molecular formula is C29H29F3N2O3. The number of benzene rings is 3. The molecule has 1 aliphatic rings. The van der Waals surface area contributed by atoms with E-state index in [0.29, 0.717) is 24.0 Å². The molecule has 8 heteroatoms. The monoisotopic (exact) mass is 510 g/mol. The van der Waals surface area contributed by atoms with Gasteiger partial charge < -0.3 is 14.5 Å². The third-order valence-corrected chi connectivity index (χ3v) is 6.61. The van der Waals surface area contributed by atoms with Crippen molar-refractivity contribution in [1.29, 1.82) is 0 Å². The standard InChI is InChI=1S/C29H29F3N2O3/c1-37-27(23-12-6-3-7-13-23)28(36)33-19-25(16-15-21-9-4-2-5-10-21)34(26(35)20-33)18-22-11-8-14-24(17-22)29(30,31)32/h2-14,17,25,27H,15-16,18-20H2,1H3/t25-,27-/m0/s1. The molecular weight excluding hydrogens is 481 g/mol. The van der Waals surface area contributed by atoms with Crippen LogP contribution in [0.2, 0.25) is 0 Å². The second kappa shape index (κ2) is 11.6. The van der Waals surface area contributed by atoms with Crippen molar-refractivity contribution >= 4 is 11.8 Å². The maximum atomic E-state index is 13.4. The van der Waals surface area contributed by atoms with E-state index in [-0.39, 0.29) is 37.5 Å². The van der Waals surface area contributed by atoms with Crippen LogP contribution in [-0.4, -0.2) is 47.9 Å². The SMILES string of the molecule is CO[C@H](C(=O)N1CC(=O)N(Cc2cccc(C(F)(F)F)c2)[C@@H](CCc2ccccc2)C1)c1ccccc1. The van der Waals surface area contributed by atoms with Crippen molar-refractivity contribution in [3.63, 3.8) is 0 Å². The lowest BCUT2D eigenvalue weighted by molar-refractivity contribution is -0.155. The van der Waals surface area contributed by atoms with Crippen molar-refractivity contribution < 1.29 is 27.5 Å². The molecule has 0 spiro atoms. The molecule has 2 atom stereocenters. The van der Waals surface area contributed by atoms with Crippen molar-refractivity contribution in [3.05, 3.63) is 107 Å². The van der Waals surface area contributed by atoms with Gasteiger partial charge in [-0.05, 0) is 41.7 Å². The first-order valence-corrected chi connectivity index (χ1v) is 12.1. The van der Waals surface area contributed by atoms with Gasteiger partial charge in [-0.1, -0.05) is 72.8 Å². The van der Waals surface area contributed by atoms with E-state index in [9.17, 15) is 22.8 Å². The molecule has 0 radical (unpaired) electrons. The van der Waals surface area contributed by atoms with Gasteiger partial charge in [0.05, 0.1) is 18.2 Å². The van der Waals surface area contributed by atoms with Crippen molar-refractivity contribution in [3.8, 4) is 0 Å². The van der Waals surface area contributed by atoms with Crippen molar-refractivity contribution in [2.75, 3.05) is 20.2 Å². The van der Waals surface area contributed by atoms with Crippen molar-refractivity contribution in [2.24, 2.45) is 0 Å². The Morgan fingerprint density at radius 2 is 1.62 bits per heavy atom. The fraction of sp³-hybridized carbons (Fsp3) is 0.310. The summed E-state index contributed by atoms with van der Waals surface area (Å²) in [4.78, 5) is 29.9. The van der Waals surface area contributed by atoms with Crippen molar-refractivity contribution in [2.45, 2.75) is 37.7 Å². The first kappa shape index (κ1) is 26.4. The lowest BCUT2D eigenvalue weighted by atomic mass is 9.99. The number of rotatable bonds is 8. The van der Waals surface area contributed by atoms with E-state index in [1.165, 1.54) is 18.1 Å². The first-order chi connectivity index (χ1) is 17.8. The number of halogens is 3. The van der Waals surface area contributed by atoms with Gasteiger partial charge in [-0.15, -0.1) is 0 Å². The van der Waals surface area contributed by atoms with Crippen LogP contribution in [0, 0.1) is 0 Å². The molecule has 3 aromatic rings. The number of aryl methyl sites for hydroxylation is 1. The average Bonchev–Trinajstić information content (AvgIpc) is 2.90. The molecule has 0 unspecified atom stereocenters. The summed E-state index contributed by atoms with van der Waals surface area (Å²) < 4.78 is 45.3. The Morgan fingerprint density at radius 3 is 2.27 bits per heavy atom. The zero-order chi connectivity index (χ0) is 26.4. The summed E-state index contributed by atoms with van der Waals surface area (Å²) in [6.45, 7) is 0.145. The highest BCUT2D eigenvalue weighted by atomic mass is 19.4. The molecule has 1 heterocycles. The van der Waals surface area contributed by atoms with Gasteiger partial charge in [0.1, 0.15) is 0 Å². The van der Waals surface area contributed by atoms with Gasteiger partial charge in [0, 0.05) is 20.2 Å². The van der Waals surface area contributed by atoms with E-state index in [0.717, 1.165) is 17.7 Å². The van der Waals surface area contributed by atoms with Gasteiger partial charge in [-0.2, -0.15) is 13.2 Å². The van der Waals surface area contributed by atoms with E-state index in [2.05, 4.69) is 0 Å². The Labute approximate surface area is 214 Å². The van der Waals surface area contributed by atoms with Crippen LogP contribution in [-0.2, 0) is 33.5 Å². The molecule has 1 saturated heterocycles. The molecule has 1 aliphatic heterocycles. The van der Waals surface area contributed by atoms with Crippen LogP contribution in [0.4, 0.5) is 13.2 Å². The Hall–Kier alpha value is -3.65. The number of piperazine rings is 1. The number of methoxy groups -OCH3 is 1. The molecule has 3 aromatic carbocycles. The number of hydrogen-bond donors (Lipinski definition) is 0. The molecule has 194 valence electrons. The van der Waals surface area contributed by atoms with E-state index < -0.39 is 17.8 Å². The largest absolute Gasteiger partial charge is 0.416 e. The van der Waals surface area contributed by atoms with E-state index in [1.807, 2.05) is 48.5 Å². The maximum absolute atomic E-state index is 13.4. The Balaban J connectivity index is 1.57. The third-order valence-electron chi connectivity index (χ3n) is 6.61. The minimum absolute atomic E-state index is 0.0383. The lowest BCUT2D eigenvalue weighted by Crippen LogP contribution is -2.58. The predicted molar refractivity (Wildman–Crippen MR) is 133 cm³/mol. The molecule has 0 saturated carbocycles. The Kier molecular flexibility index (Phi) is 8.28. The van der Waals surface area contributed by atoms with Crippen LogP contribution in [0.15, 0.2) is 84.9 Å². The third kappa shape index (κ3) is 6.57. The van der Waals surface area contributed by atoms with Crippen LogP contribution in [0.25, 0.3) is 0 Å². The number of amides is 2. The smallest absolute Gasteiger partial charge is 0.367 e. The molecule has 4 rings (SSSR count). The van der Waals surface area contributed by atoms with Crippen LogP contribution in [0.3, 0.4) is 0 Å². The van der Waals surface area contributed by atoms with E-state index in [4.69, 9.17) is 4.74 Å². The quantitative estimate of drug-likeness (QED) is 0.415. The van der Waals surface area contributed by atoms with Crippen molar-refractivity contribution in [1.82, 2.24) is 9.80 Å². The summed E-state index contributed by atoms with van der Waals surface area (Å²) in [5, 5.41) is 0. The molecule has 0 aromatic heterocycles. The highest BCUT2D eigenvalue weighted by Crippen LogP contribution is 2.30. The second-order valence-corrected chi connectivity index (χ2v) is 9.14. The van der Waals surface area contributed by atoms with E-state index in [1.54, 1.807) is 23.1 Å². The predicted octanol–water partition coefficient (Wildman–Crippen LogP) is 5.27. The minimum Gasteiger partial charge on any atom is -0.367 e. The van der Waals surface area contributed by atoms with Crippen LogP contribution < -0.4 is 0 Å². The molecule has 1 fully saturated rings. The van der Waals surface area contributed by atoms with Gasteiger partial charge in [0.15, 0.2) is 6.10 Å². The number of alkyl halides is 3. The summed E-state index contributed by atoms with van der Waals surface area (Å²) in [5.74, 6) is -0.622. The topological polar surface area (TPSA) is 49.9 Å². The molecule has 5 nitrogen and oxygen atoms in total. The summed E-state index contributed by atoms with van der Waals surface area (Å²) in [6.07, 6.45) is -4.10. The number of nitrogens with zero attached hydrogens (tertiary/aromatic N) is 2. The fourth-order valence-electron chi connectivity index (χ4n) is 4.70. The maximum Gasteiger partial charge on any atom is 0.416 e.